The summed E-state index contributed by atoms with van der Waals surface area (Å²) in [6.45, 7) is -0.0402. The van der Waals surface area contributed by atoms with E-state index in [0.29, 0.717) is 0 Å². The van der Waals surface area contributed by atoms with Gasteiger partial charge in [0.15, 0.2) is 0 Å². The van der Waals surface area contributed by atoms with Gasteiger partial charge >= 0.3 is 6.85 Å². The molecule has 0 spiro atoms. The molecule has 218 valence electrons. The first kappa shape index (κ1) is 24.0. The maximum atomic E-state index is 6.90. The van der Waals surface area contributed by atoms with E-state index in [2.05, 4.69) is 149 Å². The fourth-order valence-corrected chi connectivity index (χ4v) is 9.69. The lowest BCUT2D eigenvalue weighted by molar-refractivity contribution is 0.670. The minimum atomic E-state index is -0.0402. The number of benzene rings is 8. The van der Waals surface area contributed by atoms with Crippen LogP contribution in [-0.2, 0) is 0 Å². The number of nitrogens with zero attached hydrogens (tertiary/aromatic N) is 2. The highest BCUT2D eigenvalue weighted by molar-refractivity contribution is 6.92. The van der Waals surface area contributed by atoms with Crippen molar-refractivity contribution >= 4 is 105 Å². The molecule has 0 atom stereocenters. The normalized spacial score (nSPS) is 13.4. The van der Waals surface area contributed by atoms with Gasteiger partial charge in [0.25, 0.3) is 0 Å². The smallest absolute Gasteiger partial charge is 0.333 e. The van der Waals surface area contributed by atoms with E-state index >= 15 is 0 Å². The zero-order valence-corrected chi connectivity index (χ0v) is 25.7. The van der Waals surface area contributed by atoms with Crippen LogP contribution in [-0.4, -0.2) is 15.9 Å². The lowest BCUT2D eigenvalue weighted by Crippen LogP contribution is -2.55. The van der Waals surface area contributed by atoms with Crippen molar-refractivity contribution in [3.63, 3.8) is 0 Å². The summed E-state index contributed by atoms with van der Waals surface area (Å²) in [7, 11) is 0. The van der Waals surface area contributed by atoms with Crippen LogP contribution in [0.3, 0.4) is 0 Å². The van der Waals surface area contributed by atoms with Crippen LogP contribution in [0.1, 0.15) is 0 Å². The van der Waals surface area contributed by atoms with Crippen LogP contribution in [0.15, 0.2) is 144 Å². The Bertz CT molecular complexity index is 3300. The minimum Gasteiger partial charge on any atom is -0.455 e. The molecule has 0 N–H and O–H groups in total. The Morgan fingerprint density at radius 1 is 0.479 bits per heavy atom. The molecule has 0 bridgehead atoms. The summed E-state index contributed by atoms with van der Waals surface area (Å²) in [6.07, 6.45) is 0. The van der Waals surface area contributed by atoms with Crippen molar-refractivity contribution in [2.24, 2.45) is 0 Å². The highest BCUT2D eigenvalue weighted by Gasteiger charge is 2.44. The van der Waals surface area contributed by atoms with Crippen molar-refractivity contribution in [2.75, 3.05) is 0 Å². The molecule has 11 aromatic rings. The van der Waals surface area contributed by atoms with E-state index < -0.39 is 0 Å². The molecule has 48 heavy (non-hydrogen) atoms. The van der Waals surface area contributed by atoms with Crippen LogP contribution < -0.4 is 10.9 Å². The molecule has 2 aliphatic heterocycles. The second kappa shape index (κ2) is 7.99. The number of rotatable bonds is 0. The van der Waals surface area contributed by atoms with Crippen LogP contribution in [0.2, 0.25) is 0 Å². The van der Waals surface area contributed by atoms with Crippen LogP contribution in [0.5, 0.6) is 0 Å². The molecule has 0 saturated carbocycles. The van der Waals surface area contributed by atoms with Crippen LogP contribution in [0, 0.1) is 0 Å². The second-order valence-electron chi connectivity index (χ2n) is 13.6. The summed E-state index contributed by atoms with van der Waals surface area (Å²) in [4.78, 5) is 0. The molecule has 2 aliphatic rings. The maximum Gasteiger partial charge on any atom is 0.333 e. The summed E-state index contributed by atoms with van der Waals surface area (Å²) in [6, 6.07) is 51.7. The largest absolute Gasteiger partial charge is 0.455 e. The number of furan rings is 1. The first-order chi connectivity index (χ1) is 23.8. The van der Waals surface area contributed by atoms with E-state index in [1.165, 1.54) is 98.3 Å². The van der Waals surface area contributed by atoms with Gasteiger partial charge in [0.05, 0.1) is 11.0 Å². The third-order valence-electron chi connectivity index (χ3n) is 11.4. The van der Waals surface area contributed by atoms with Crippen molar-refractivity contribution < 1.29 is 4.42 Å². The summed E-state index contributed by atoms with van der Waals surface area (Å²) < 4.78 is 12.1. The molecular formula is C44H23BN2O. The van der Waals surface area contributed by atoms with Gasteiger partial charge in [0, 0.05) is 60.2 Å². The van der Waals surface area contributed by atoms with E-state index in [-0.39, 0.29) is 6.85 Å². The second-order valence-corrected chi connectivity index (χ2v) is 13.6. The first-order valence-corrected chi connectivity index (χ1v) is 16.7. The van der Waals surface area contributed by atoms with Gasteiger partial charge < -0.3 is 13.5 Å². The number of hydrogen-bond acceptors (Lipinski definition) is 1. The van der Waals surface area contributed by atoms with E-state index in [1.807, 2.05) is 0 Å². The third-order valence-corrected chi connectivity index (χ3v) is 11.4. The molecule has 0 radical (unpaired) electrons. The first-order valence-electron chi connectivity index (χ1n) is 16.7. The standard InChI is InChI=1S/C44H23BN2O/c1-3-12-26-24(10-1)20-21-35-38(26)33-22-25-11-2-4-13-27(25)40-43(33)46(35)36-23-32-29-15-6-8-19-37(29)48-44(32)39-31-17-9-16-30-28-14-5-7-18-34(28)47(42(30)31)45(40)41(36)39/h1-23H. The summed E-state index contributed by atoms with van der Waals surface area (Å²) in [5, 5.41) is 12.7. The zero-order chi connectivity index (χ0) is 30.8. The molecule has 4 heteroatoms. The Hall–Kier alpha value is -6.26. The van der Waals surface area contributed by atoms with Crippen molar-refractivity contribution in [3.05, 3.63) is 140 Å². The monoisotopic (exact) mass is 606 g/mol. The Labute approximate surface area is 273 Å². The number of fused-ring (bicyclic) bond motifs is 18. The molecular weight excluding hydrogens is 583 g/mol. The maximum absolute atomic E-state index is 6.90. The average Bonchev–Trinajstić information content (AvgIpc) is 3.80. The zero-order valence-electron chi connectivity index (χ0n) is 25.7. The Morgan fingerprint density at radius 2 is 1.23 bits per heavy atom. The van der Waals surface area contributed by atoms with Gasteiger partial charge in [0.1, 0.15) is 11.2 Å². The summed E-state index contributed by atoms with van der Waals surface area (Å²) >= 11 is 0. The quantitative estimate of drug-likeness (QED) is 0.158. The predicted molar refractivity (Wildman–Crippen MR) is 202 cm³/mol. The lowest BCUT2D eigenvalue weighted by atomic mass is 9.44. The van der Waals surface area contributed by atoms with Crippen LogP contribution in [0.25, 0.3) is 104 Å². The number of para-hydroxylation sites is 3. The van der Waals surface area contributed by atoms with E-state index in [1.54, 1.807) is 0 Å². The van der Waals surface area contributed by atoms with Crippen molar-refractivity contribution in [2.45, 2.75) is 0 Å². The summed E-state index contributed by atoms with van der Waals surface area (Å²) in [5.74, 6) is 0. The molecule has 5 heterocycles. The van der Waals surface area contributed by atoms with E-state index in [9.17, 15) is 0 Å². The van der Waals surface area contributed by atoms with Crippen molar-refractivity contribution in [1.82, 2.24) is 9.05 Å². The van der Waals surface area contributed by atoms with Gasteiger partial charge in [0.2, 0.25) is 0 Å². The van der Waals surface area contributed by atoms with Crippen LogP contribution in [0.4, 0.5) is 0 Å². The third kappa shape index (κ3) is 2.56. The van der Waals surface area contributed by atoms with Gasteiger partial charge in [-0.2, -0.15) is 0 Å². The van der Waals surface area contributed by atoms with Crippen LogP contribution >= 0.6 is 0 Å². The molecule has 0 saturated heterocycles. The van der Waals surface area contributed by atoms with Gasteiger partial charge in [-0.25, -0.2) is 0 Å². The fourth-order valence-electron chi connectivity index (χ4n) is 9.69. The minimum absolute atomic E-state index is 0.0402. The van der Waals surface area contributed by atoms with Crippen molar-refractivity contribution in [3.8, 4) is 16.8 Å². The molecule has 0 fully saturated rings. The van der Waals surface area contributed by atoms with Gasteiger partial charge in [-0.15, -0.1) is 0 Å². The van der Waals surface area contributed by atoms with Gasteiger partial charge in [-0.1, -0.05) is 109 Å². The van der Waals surface area contributed by atoms with Gasteiger partial charge in [-0.05, 0) is 62.8 Å². The summed E-state index contributed by atoms with van der Waals surface area (Å²) in [5.41, 5.74) is 13.4. The molecule has 0 aliphatic carbocycles. The fraction of sp³-hybridized carbons (Fsp3) is 0. The predicted octanol–water partition coefficient (Wildman–Crippen LogP) is 10.0. The molecule has 8 aromatic carbocycles. The molecule has 0 amide bonds. The molecule has 0 unspecified atom stereocenters. The molecule has 13 rings (SSSR count). The highest BCUT2D eigenvalue weighted by atomic mass is 16.3. The van der Waals surface area contributed by atoms with E-state index in [4.69, 9.17) is 4.42 Å². The average molecular weight is 606 g/mol. The molecule has 3 nitrogen and oxygen atoms in total. The topological polar surface area (TPSA) is 23.0 Å². The Balaban J connectivity index is 1.39. The van der Waals surface area contributed by atoms with Crippen molar-refractivity contribution in [1.29, 1.82) is 0 Å². The number of hydrogen-bond donors (Lipinski definition) is 0. The Morgan fingerprint density at radius 3 is 2.15 bits per heavy atom. The number of aromatic nitrogens is 2. The van der Waals surface area contributed by atoms with E-state index in [0.717, 1.165) is 16.6 Å². The Kier molecular flexibility index (Phi) is 3.99. The SMILES string of the molecule is c1ccc2c3c4c(cc2c1)c1c2ccccc2ccc1n4-c1cc2c(oc4ccccc42)c2c1B3n1c3ccccc3c3cccc-2c31. The highest BCUT2D eigenvalue weighted by Crippen LogP contribution is 2.48. The lowest BCUT2D eigenvalue weighted by Gasteiger charge is -2.34. The van der Waals surface area contributed by atoms with Gasteiger partial charge in [-0.3, -0.25) is 0 Å². The molecule has 3 aromatic heterocycles.